The fraction of sp³-hybridized carbons (Fsp3) is 0.154. The van der Waals surface area contributed by atoms with Crippen LogP contribution in [-0.2, 0) is 4.79 Å². The average Bonchev–Trinajstić information content (AvgIpc) is 2.82. The summed E-state index contributed by atoms with van der Waals surface area (Å²) in [5.41, 5.74) is 2.91. The molecule has 3 rings (SSSR count). The second-order valence-electron chi connectivity index (χ2n) is 7.37. The van der Waals surface area contributed by atoms with E-state index < -0.39 is 0 Å². The number of hydrogen-bond donors (Lipinski definition) is 1. The van der Waals surface area contributed by atoms with Crippen LogP contribution in [0, 0.1) is 0 Å². The first-order valence-electron chi connectivity index (χ1n) is 10.2. The summed E-state index contributed by atoms with van der Waals surface area (Å²) in [5.74, 6) is 0.413. The summed E-state index contributed by atoms with van der Waals surface area (Å²) in [5, 5.41) is 3.15. The number of allylic oxidation sites excluding steroid dienone is 1. The Labute approximate surface area is 198 Å². The molecule has 170 valence electrons. The van der Waals surface area contributed by atoms with E-state index in [0.717, 1.165) is 11.3 Å². The number of nitrogens with one attached hydrogen (secondary N) is 1. The van der Waals surface area contributed by atoms with Crippen molar-refractivity contribution in [3.8, 4) is 11.5 Å². The highest BCUT2D eigenvalue weighted by Crippen LogP contribution is 2.29. The largest absolute Gasteiger partial charge is 0.493 e. The molecule has 0 saturated carbocycles. The van der Waals surface area contributed by atoms with E-state index in [0.29, 0.717) is 27.8 Å². The third kappa shape index (κ3) is 6.60. The molecule has 3 aromatic rings. The number of rotatable bonds is 9. The lowest BCUT2D eigenvalue weighted by molar-refractivity contribution is -0.118. The molecule has 1 N–H and O–H groups in total. The van der Waals surface area contributed by atoms with E-state index in [1.54, 1.807) is 60.7 Å². The van der Waals surface area contributed by atoms with Crippen molar-refractivity contribution in [1.82, 2.24) is 0 Å². The number of hydrogen-bond acceptors (Lipinski definition) is 5. The van der Waals surface area contributed by atoms with Crippen molar-refractivity contribution in [1.29, 1.82) is 0 Å². The number of anilines is 2. The van der Waals surface area contributed by atoms with Gasteiger partial charge in [-0.25, -0.2) is 0 Å². The number of ether oxygens (including phenoxy) is 2. The van der Waals surface area contributed by atoms with Crippen LogP contribution in [0.25, 0.3) is 6.08 Å². The van der Waals surface area contributed by atoms with Crippen LogP contribution in [0.2, 0.25) is 5.02 Å². The Morgan fingerprint density at radius 1 is 1.00 bits per heavy atom. The lowest BCUT2D eigenvalue weighted by Crippen LogP contribution is -2.20. The Balaban J connectivity index is 1.62. The van der Waals surface area contributed by atoms with Gasteiger partial charge in [0, 0.05) is 25.3 Å². The first kappa shape index (κ1) is 23.9. The predicted octanol–water partition coefficient (Wildman–Crippen LogP) is 5.33. The Bertz CT molecular complexity index is 1160. The fourth-order valence-electron chi connectivity index (χ4n) is 2.99. The Hall–Kier alpha value is -3.77. The van der Waals surface area contributed by atoms with Crippen molar-refractivity contribution >= 4 is 40.7 Å². The van der Waals surface area contributed by atoms with Gasteiger partial charge in [0.15, 0.2) is 23.9 Å². The summed E-state index contributed by atoms with van der Waals surface area (Å²) in [7, 11) is 5.41. The lowest BCUT2D eigenvalue weighted by Gasteiger charge is -2.12. The number of ketones is 1. The molecular weight excluding hydrogens is 440 g/mol. The first-order chi connectivity index (χ1) is 15.9. The van der Waals surface area contributed by atoms with Gasteiger partial charge >= 0.3 is 0 Å². The van der Waals surface area contributed by atoms with E-state index in [9.17, 15) is 9.59 Å². The van der Waals surface area contributed by atoms with Crippen LogP contribution in [0.5, 0.6) is 11.5 Å². The number of carbonyl (C=O) groups is 2. The Morgan fingerprint density at radius 2 is 1.73 bits per heavy atom. The molecular formula is C26H25ClN2O4. The number of nitrogens with zero attached hydrogens (tertiary/aromatic N) is 1. The minimum absolute atomic E-state index is 0.101. The third-order valence-electron chi connectivity index (χ3n) is 4.79. The van der Waals surface area contributed by atoms with Gasteiger partial charge in [0.2, 0.25) is 0 Å². The number of halogens is 1. The van der Waals surface area contributed by atoms with Gasteiger partial charge in [0.05, 0.1) is 17.8 Å². The molecule has 33 heavy (non-hydrogen) atoms. The van der Waals surface area contributed by atoms with Gasteiger partial charge in [0.25, 0.3) is 5.91 Å². The summed E-state index contributed by atoms with van der Waals surface area (Å²) >= 11 is 6.05. The van der Waals surface area contributed by atoms with Gasteiger partial charge in [0.1, 0.15) is 0 Å². The van der Waals surface area contributed by atoms with Crippen LogP contribution in [0.3, 0.4) is 0 Å². The number of amides is 1. The van der Waals surface area contributed by atoms with Crippen LogP contribution in [0.1, 0.15) is 15.9 Å². The van der Waals surface area contributed by atoms with Gasteiger partial charge in [-0.05, 0) is 60.2 Å². The Kier molecular flexibility index (Phi) is 8.11. The van der Waals surface area contributed by atoms with E-state index in [1.165, 1.54) is 13.2 Å². The maximum Gasteiger partial charge on any atom is 0.262 e. The van der Waals surface area contributed by atoms with Gasteiger partial charge in [-0.15, -0.1) is 0 Å². The standard InChI is InChI=1S/C26H25ClN2O4/c1-29(2)20-12-10-19(11-13-20)23(30)14-8-18-9-15-24(25(16-18)32-3)33-17-26(31)28-22-7-5-4-6-21(22)27/h4-16H,17H2,1-3H3,(H,28,31)/b14-8+. The van der Waals surface area contributed by atoms with Crippen molar-refractivity contribution in [2.75, 3.05) is 38.0 Å². The fourth-order valence-corrected chi connectivity index (χ4v) is 3.17. The van der Waals surface area contributed by atoms with Gasteiger partial charge < -0.3 is 19.7 Å². The summed E-state index contributed by atoms with van der Waals surface area (Å²) in [6, 6.07) is 19.6. The number of para-hydroxylation sites is 1. The van der Waals surface area contributed by atoms with E-state index >= 15 is 0 Å². The van der Waals surface area contributed by atoms with E-state index in [1.807, 2.05) is 31.1 Å². The smallest absolute Gasteiger partial charge is 0.262 e. The molecule has 7 heteroatoms. The monoisotopic (exact) mass is 464 g/mol. The van der Waals surface area contributed by atoms with Crippen LogP contribution in [0.4, 0.5) is 11.4 Å². The van der Waals surface area contributed by atoms with Crippen LogP contribution in [0.15, 0.2) is 72.8 Å². The maximum absolute atomic E-state index is 12.5. The molecule has 0 bridgehead atoms. The predicted molar refractivity (Wildman–Crippen MR) is 133 cm³/mol. The zero-order chi connectivity index (χ0) is 23.8. The van der Waals surface area contributed by atoms with Crippen LogP contribution < -0.4 is 19.7 Å². The molecule has 3 aromatic carbocycles. The van der Waals surface area contributed by atoms with Gasteiger partial charge in [-0.2, -0.15) is 0 Å². The van der Waals surface area contributed by atoms with Crippen molar-refractivity contribution in [2.24, 2.45) is 0 Å². The zero-order valence-corrected chi connectivity index (χ0v) is 19.4. The summed E-state index contributed by atoms with van der Waals surface area (Å²) in [6.45, 7) is -0.210. The molecule has 0 aliphatic heterocycles. The van der Waals surface area contributed by atoms with E-state index in [2.05, 4.69) is 5.32 Å². The van der Waals surface area contributed by atoms with Crippen molar-refractivity contribution in [2.45, 2.75) is 0 Å². The molecule has 0 radical (unpaired) electrons. The summed E-state index contributed by atoms with van der Waals surface area (Å²) in [4.78, 5) is 26.6. The molecule has 0 atom stereocenters. The van der Waals surface area contributed by atoms with E-state index in [4.69, 9.17) is 21.1 Å². The van der Waals surface area contributed by atoms with Crippen molar-refractivity contribution < 1.29 is 19.1 Å². The zero-order valence-electron chi connectivity index (χ0n) is 18.7. The summed E-state index contributed by atoms with van der Waals surface area (Å²) in [6.07, 6.45) is 3.22. The second kappa shape index (κ2) is 11.2. The minimum Gasteiger partial charge on any atom is -0.493 e. The highest BCUT2D eigenvalue weighted by Gasteiger charge is 2.10. The van der Waals surface area contributed by atoms with Crippen LogP contribution >= 0.6 is 11.6 Å². The molecule has 0 unspecified atom stereocenters. The molecule has 0 saturated heterocycles. The molecule has 1 amide bonds. The van der Waals surface area contributed by atoms with Crippen LogP contribution in [-0.4, -0.2) is 39.5 Å². The van der Waals surface area contributed by atoms with Gasteiger partial charge in [-0.3, -0.25) is 9.59 Å². The third-order valence-corrected chi connectivity index (χ3v) is 5.12. The molecule has 0 fully saturated rings. The molecule has 0 aliphatic carbocycles. The topological polar surface area (TPSA) is 67.9 Å². The molecule has 0 spiro atoms. The maximum atomic E-state index is 12.5. The molecule has 0 aromatic heterocycles. The first-order valence-corrected chi connectivity index (χ1v) is 10.6. The quantitative estimate of drug-likeness (QED) is 0.342. The average molecular weight is 465 g/mol. The highest BCUT2D eigenvalue weighted by atomic mass is 35.5. The van der Waals surface area contributed by atoms with Crippen molar-refractivity contribution in [3.63, 3.8) is 0 Å². The normalized spacial score (nSPS) is 10.7. The molecule has 0 heterocycles. The van der Waals surface area contributed by atoms with Gasteiger partial charge in [-0.1, -0.05) is 35.9 Å². The number of benzene rings is 3. The molecule has 6 nitrogen and oxygen atoms in total. The Morgan fingerprint density at radius 3 is 2.39 bits per heavy atom. The molecule has 0 aliphatic rings. The van der Waals surface area contributed by atoms with E-state index in [-0.39, 0.29) is 18.3 Å². The number of carbonyl (C=O) groups excluding carboxylic acids is 2. The number of methoxy groups -OCH3 is 1. The summed E-state index contributed by atoms with van der Waals surface area (Å²) < 4.78 is 11.0. The van der Waals surface area contributed by atoms with Crippen molar-refractivity contribution in [3.05, 3.63) is 89.0 Å². The minimum atomic E-state index is -0.347. The second-order valence-corrected chi connectivity index (χ2v) is 7.77. The highest BCUT2D eigenvalue weighted by molar-refractivity contribution is 6.33. The SMILES string of the molecule is COc1cc(/C=C/C(=O)c2ccc(N(C)C)cc2)ccc1OCC(=O)Nc1ccccc1Cl. The lowest BCUT2D eigenvalue weighted by atomic mass is 10.1.